The number of nitrogens with one attached hydrogen (secondary N) is 3. The quantitative estimate of drug-likeness (QED) is 0.667. The smallest absolute Gasteiger partial charge is 0.323 e. The Hall–Kier alpha value is -0.650. The number of piperidine rings is 2. The predicted molar refractivity (Wildman–Crippen MR) is 107 cm³/mol. The lowest BCUT2D eigenvalue weighted by atomic mass is 9.79. The van der Waals surface area contributed by atoms with Gasteiger partial charge in [-0.3, -0.25) is 4.79 Å². The molecule has 2 fully saturated rings. The minimum absolute atomic E-state index is 0.0214. The van der Waals surface area contributed by atoms with Crippen molar-refractivity contribution in [3.8, 4) is 0 Å². The van der Waals surface area contributed by atoms with Gasteiger partial charge < -0.3 is 20.7 Å². The molecule has 0 aromatic rings. The van der Waals surface area contributed by atoms with E-state index in [4.69, 9.17) is 4.74 Å². The van der Waals surface area contributed by atoms with E-state index in [2.05, 4.69) is 71.3 Å². The monoisotopic (exact) mass is 367 g/mol. The van der Waals surface area contributed by atoms with Crippen molar-refractivity contribution in [2.45, 2.75) is 128 Å². The van der Waals surface area contributed by atoms with Gasteiger partial charge in [0.15, 0.2) is 0 Å². The van der Waals surface area contributed by atoms with Crippen LogP contribution in [-0.2, 0) is 9.53 Å². The van der Waals surface area contributed by atoms with Gasteiger partial charge in [0.05, 0.1) is 0 Å². The second kappa shape index (κ2) is 7.06. The molecule has 0 bridgehead atoms. The minimum atomic E-state index is -0.286. The average Bonchev–Trinajstić information content (AvgIpc) is 2.29. The van der Waals surface area contributed by atoms with Gasteiger partial charge in [0.2, 0.25) is 0 Å². The zero-order valence-corrected chi connectivity index (χ0v) is 18.4. The average molecular weight is 368 g/mol. The number of carbonyl (C=O) groups excluding carboxylic acids is 1. The molecule has 2 saturated heterocycles. The fraction of sp³-hybridized carbons (Fsp3) is 0.952. The third-order valence-electron chi connectivity index (χ3n) is 5.47. The first-order valence-electron chi connectivity index (χ1n) is 10.1. The number of hydrogen-bond acceptors (Lipinski definition) is 5. The van der Waals surface area contributed by atoms with Crippen LogP contribution in [0.25, 0.3) is 0 Å². The fourth-order valence-electron chi connectivity index (χ4n) is 5.44. The van der Waals surface area contributed by atoms with E-state index in [9.17, 15) is 4.79 Å². The van der Waals surface area contributed by atoms with Gasteiger partial charge in [-0.15, -0.1) is 0 Å². The molecule has 5 nitrogen and oxygen atoms in total. The van der Waals surface area contributed by atoms with E-state index in [0.717, 1.165) is 25.7 Å². The summed E-state index contributed by atoms with van der Waals surface area (Å²) in [6, 6.07) is 0.0236. The van der Waals surface area contributed by atoms with Gasteiger partial charge in [-0.25, -0.2) is 0 Å². The Morgan fingerprint density at radius 3 is 1.65 bits per heavy atom. The van der Waals surface area contributed by atoms with E-state index < -0.39 is 0 Å². The molecule has 2 aliphatic heterocycles. The molecule has 2 aliphatic rings. The molecule has 1 unspecified atom stereocenters. The molecule has 0 aliphatic carbocycles. The lowest BCUT2D eigenvalue weighted by Crippen LogP contribution is -2.63. The second-order valence-corrected chi connectivity index (χ2v) is 11.2. The van der Waals surface area contributed by atoms with Crippen molar-refractivity contribution in [2.75, 3.05) is 0 Å². The van der Waals surface area contributed by atoms with Crippen molar-refractivity contribution in [2.24, 2.45) is 0 Å². The van der Waals surface area contributed by atoms with Crippen LogP contribution >= 0.6 is 0 Å². The minimum Gasteiger partial charge on any atom is -0.461 e. The summed E-state index contributed by atoms with van der Waals surface area (Å²) in [6.07, 6.45) is 3.67. The van der Waals surface area contributed by atoms with Gasteiger partial charge in [0, 0.05) is 41.0 Å². The molecule has 3 N–H and O–H groups in total. The van der Waals surface area contributed by atoms with Gasteiger partial charge in [-0.05, 0) is 75.2 Å². The van der Waals surface area contributed by atoms with Crippen LogP contribution in [-0.4, -0.2) is 46.3 Å². The Kier molecular flexibility index (Phi) is 5.88. The van der Waals surface area contributed by atoms with Crippen molar-refractivity contribution in [1.29, 1.82) is 0 Å². The molecule has 0 amide bonds. The number of carbonyl (C=O) groups is 1. The molecular formula is C21H41N3O2. The van der Waals surface area contributed by atoms with Gasteiger partial charge in [0.1, 0.15) is 12.1 Å². The summed E-state index contributed by atoms with van der Waals surface area (Å²) in [5, 5.41) is 10.8. The summed E-state index contributed by atoms with van der Waals surface area (Å²) < 4.78 is 5.91. The van der Waals surface area contributed by atoms with E-state index in [-0.39, 0.29) is 40.3 Å². The molecule has 2 heterocycles. The summed E-state index contributed by atoms with van der Waals surface area (Å²) in [5.74, 6) is -0.127. The van der Waals surface area contributed by atoms with Gasteiger partial charge >= 0.3 is 5.97 Å². The van der Waals surface area contributed by atoms with Crippen LogP contribution in [0, 0.1) is 0 Å². The third-order valence-corrected chi connectivity index (χ3v) is 5.47. The van der Waals surface area contributed by atoms with Crippen LogP contribution in [0.5, 0.6) is 0 Å². The van der Waals surface area contributed by atoms with Crippen LogP contribution in [0.1, 0.15) is 88.0 Å². The third kappa shape index (κ3) is 6.21. The SMILES string of the molecule is CC(NC1CC(C)(C)NC(C)(C)C1)C(=O)OC1CC(C)(C)NC(C)(C)C1. The first-order chi connectivity index (χ1) is 11.6. The maximum atomic E-state index is 12.7. The highest BCUT2D eigenvalue weighted by Gasteiger charge is 2.41. The lowest BCUT2D eigenvalue weighted by molar-refractivity contribution is -0.155. The van der Waals surface area contributed by atoms with Crippen molar-refractivity contribution >= 4 is 5.97 Å². The van der Waals surface area contributed by atoms with Crippen LogP contribution in [0.15, 0.2) is 0 Å². The Bertz CT molecular complexity index is 493. The zero-order valence-electron chi connectivity index (χ0n) is 18.4. The highest BCUT2D eigenvalue weighted by atomic mass is 16.5. The molecule has 152 valence electrons. The molecular weight excluding hydrogens is 326 g/mol. The molecule has 0 radical (unpaired) electrons. The van der Waals surface area contributed by atoms with Crippen molar-refractivity contribution in [3.63, 3.8) is 0 Å². The van der Waals surface area contributed by atoms with E-state index in [1.807, 2.05) is 6.92 Å². The largest absolute Gasteiger partial charge is 0.461 e. The van der Waals surface area contributed by atoms with Crippen molar-refractivity contribution in [3.05, 3.63) is 0 Å². The molecule has 1 atom stereocenters. The van der Waals surface area contributed by atoms with E-state index in [1.54, 1.807) is 0 Å². The molecule has 0 saturated carbocycles. The van der Waals surface area contributed by atoms with E-state index in [1.165, 1.54) is 0 Å². The van der Waals surface area contributed by atoms with Crippen molar-refractivity contribution in [1.82, 2.24) is 16.0 Å². The van der Waals surface area contributed by atoms with E-state index in [0.29, 0.717) is 6.04 Å². The molecule has 26 heavy (non-hydrogen) atoms. The Morgan fingerprint density at radius 1 is 0.846 bits per heavy atom. The number of hydrogen-bond donors (Lipinski definition) is 3. The second-order valence-electron chi connectivity index (χ2n) is 11.2. The zero-order chi connectivity index (χ0) is 20.0. The van der Waals surface area contributed by atoms with Crippen LogP contribution in [0.4, 0.5) is 0 Å². The lowest BCUT2D eigenvalue weighted by Gasteiger charge is -2.47. The summed E-state index contributed by atoms with van der Waals surface area (Å²) in [4.78, 5) is 12.7. The molecule has 2 rings (SSSR count). The molecule has 5 heteroatoms. The van der Waals surface area contributed by atoms with E-state index >= 15 is 0 Å². The molecule has 0 spiro atoms. The van der Waals surface area contributed by atoms with Gasteiger partial charge in [0.25, 0.3) is 0 Å². The standard InChI is InChI=1S/C21H41N3O2/c1-14(22-15-10-18(2,3)23-19(4,5)11-15)17(25)26-16-12-20(6,7)24-21(8,9)13-16/h14-16,22-24H,10-13H2,1-9H3. The Balaban J connectivity index is 1.93. The summed E-state index contributed by atoms with van der Waals surface area (Å²) in [6.45, 7) is 19.5. The number of esters is 1. The van der Waals surface area contributed by atoms with Crippen LogP contribution < -0.4 is 16.0 Å². The maximum absolute atomic E-state index is 12.7. The fourth-order valence-corrected chi connectivity index (χ4v) is 5.44. The predicted octanol–water partition coefficient (Wildman–Crippen LogP) is 3.13. The number of ether oxygens (including phenoxy) is 1. The van der Waals surface area contributed by atoms with Gasteiger partial charge in [-0.2, -0.15) is 0 Å². The Labute approximate surface area is 160 Å². The van der Waals surface area contributed by atoms with Crippen LogP contribution in [0.3, 0.4) is 0 Å². The Morgan fingerprint density at radius 2 is 1.23 bits per heavy atom. The van der Waals surface area contributed by atoms with Gasteiger partial charge in [-0.1, -0.05) is 0 Å². The highest BCUT2D eigenvalue weighted by Crippen LogP contribution is 2.31. The number of rotatable bonds is 4. The molecule has 0 aromatic carbocycles. The van der Waals surface area contributed by atoms with Crippen LogP contribution in [0.2, 0.25) is 0 Å². The van der Waals surface area contributed by atoms with Crippen molar-refractivity contribution < 1.29 is 9.53 Å². The summed E-state index contributed by atoms with van der Waals surface area (Å²) >= 11 is 0. The summed E-state index contributed by atoms with van der Waals surface area (Å²) in [7, 11) is 0. The topological polar surface area (TPSA) is 62.4 Å². The normalized spacial score (nSPS) is 29.1. The first kappa shape index (κ1) is 21.6. The highest BCUT2D eigenvalue weighted by molar-refractivity contribution is 5.75. The molecule has 0 aromatic heterocycles. The summed E-state index contributed by atoms with van der Waals surface area (Å²) in [5.41, 5.74) is 0.0805. The maximum Gasteiger partial charge on any atom is 0.323 e. The first-order valence-corrected chi connectivity index (χ1v) is 10.1.